The Bertz CT molecular complexity index is 927. The SMILES string of the molecule is Cc1cc(C(C)NC(=O)Nc2ccc(F)c(NC(=O)CCN3CCOCC3)c2)c(C)s1. The number of carbonyl (C=O) groups excluding carboxylic acids is 2. The Morgan fingerprint density at radius 3 is 2.61 bits per heavy atom. The van der Waals surface area contributed by atoms with Crippen LogP contribution in [0.25, 0.3) is 0 Å². The third-order valence-electron chi connectivity index (χ3n) is 5.15. The van der Waals surface area contributed by atoms with Crippen LogP contribution in [0.4, 0.5) is 20.6 Å². The summed E-state index contributed by atoms with van der Waals surface area (Å²) in [6.07, 6.45) is 0.258. The molecule has 3 N–H and O–H groups in total. The summed E-state index contributed by atoms with van der Waals surface area (Å²) in [5, 5.41) is 8.19. The number of amides is 3. The van der Waals surface area contributed by atoms with Crippen molar-refractivity contribution in [2.45, 2.75) is 33.2 Å². The molecule has 7 nitrogen and oxygen atoms in total. The topological polar surface area (TPSA) is 82.7 Å². The molecule has 0 saturated carbocycles. The number of aryl methyl sites for hydroxylation is 2. The van der Waals surface area contributed by atoms with Crippen LogP contribution >= 0.6 is 11.3 Å². The second-order valence-corrected chi connectivity index (χ2v) is 9.10. The summed E-state index contributed by atoms with van der Waals surface area (Å²) < 4.78 is 19.5. The van der Waals surface area contributed by atoms with Gasteiger partial charge in [0.25, 0.3) is 0 Å². The fourth-order valence-electron chi connectivity index (χ4n) is 3.52. The van der Waals surface area contributed by atoms with Crippen molar-refractivity contribution in [3.05, 3.63) is 45.4 Å². The van der Waals surface area contributed by atoms with Crippen molar-refractivity contribution in [3.8, 4) is 0 Å². The second kappa shape index (κ2) is 10.7. The van der Waals surface area contributed by atoms with Crippen LogP contribution in [-0.4, -0.2) is 49.7 Å². The average Bonchev–Trinajstić information content (AvgIpc) is 3.08. The molecule has 1 aromatic carbocycles. The van der Waals surface area contributed by atoms with Crippen LogP contribution in [0.15, 0.2) is 24.3 Å². The lowest BCUT2D eigenvalue weighted by Gasteiger charge is -2.26. The molecule has 1 atom stereocenters. The molecule has 0 radical (unpaired) electrons. The fraction of sp³-hybridized carbons (Fsp3) is 0.455. The molecule has 31 heavy (non-hydrogen) atoms. The molecule has 9 heteroatoms. The molecule has 168 valence electrons. The standard InChI is InChI=1S/C22H29FN4O3S/c1-14-12-18(16(3)31-14)15(2)24-22(29)25-17-4-5-19(23)20(13-17)26-21(28)6-7-27-8-10-30-11-9-27/h4-5,12-13,15H,6-11H2,1-3H3,(H,26,28)(H2,24,25,29). The van der Waals surface area contributed by atoms with Crippen molar-refractivity contribution < 1.29 is 18.7 Å². The van der Waals surface area contributed by atoms with Gasteiger partial charge in [-0.15, -0.1) is 11.3 Å². The molecule has 3 amide bonds. The van der Waals surface area contributed by atoms with Gasteiger partial charge in [0, 0.05) is 41.5 Å². The number of ether oxygens (including phenoxy) is 1. The van der Waals surface area contributed by atoms with Crippen molar-refractivity contribution in [2.24, 2.45) is 0 Å². The molecular weight excluding hydrogens is 419 g/mol. The summed E-state index contributed by atoms with van der Waals surface area (Å²) in [5.41, 5.74) is 1.51. The lowest BCUT2D eigenvalue weighted by molar-refractivity contribution is -0.116. The maximum atomic E-state index is 14.2. The van der Waals surface area contributed by atoms with Gasteiger partial charge in [0.2, 0.25) is 5.91 Å². The number of halogens is 1. The molecule has 3 rings (SSSR count). The quantitative estimate of drug-likeness (QED) is 0.597. The van der Waals surface area contributed by atoms with E-state index in [4.69, 9.17) is 4.74 Å². The largest absolute Gasteiger partial charge is 0.379 e. The van der Waals surface area contributed by atoms with E-state index >= 15 is 0 Å². The van der Waals surface area contributed by atoms with Gasteiger partial charge in [-0.1, -0.05) is 0 Å². The molecule has 0 bridgehead atoms. The Morgan fingerprint density at radius 2 is 1.94 bits per heavy atom. The van der Waals surface area contributed by atoms with E-state index < -0.39 is 11.8 Å². The first kappa shape index (κ1) is 23.2. The zero-order valence-electron chi connectivity index (χ0n) is 18.1. The highest BCUT2D eigenvalue weighted by atomic mass is 32.1. The predicted octanol–water partition coefficient (Wildman–Crippen LogP) is 4.05. The second-order valence-electron chi connectivity index (χ2n) is 7.64. The van der Waals surface area contributed by atoms with Crippen LogP contribution in [0.2, 0.25) is 0 Å². The van der Waals surface area contributed by atoms with Gasteiger partial charge in [0.05, 0.1) is 24.9 Å². The van der Waals surface area contributed by atoms with Crippen molar-refractivity contribution in [2.75, 3.05) is 43.5 Å². The monoisotopic (exact) mass is 448 g/mol. The average molecular weight is 449 g/mol. The van der Waals surface area contributed by atoms with Gasteiger partial charge in [-0.2, -0.15) is 0 Å². The first-order valence-corrected chi connectivity index (χ1v) is 11.2. The molecule has 1 unspecified atom stereocenters. The molecule has 0 spiro atoms. The Labute approximate surface area is 186 Å². The number of anilines is 2. The maximum Gasteiger partial charge on any atom is 0.319 e. The third kappa shape index (κ3) is 6.75. The van der Waals surface area contributed by atoms with E-state index in [0.29, 0.717) is 25.4 Å². The summed E-state index contributed by atoms with van der Waals surface area (Å²) in [7, 11) is 0. The zero-order valence-corrected chi connectivity index (χ0v) is 18.9. The van der Waals surface area contributed by atoms with Gasteiger partial charge in [-0.05, 0) is 50.6 Å². The molecule has 1 aliphatic rings. The minimum Gasteiger partial charge on any atom is -0.379 e. The number of rotatable bonds is 7. The molecule has 2 heterocycles. The Balaban J connectivity index is 1.54. The number of nitrogens with one attached hydrogen (secondary N) is 3. The van der Waals surface area contributed by atoms with Gasteiger partial charge in [-0.3, -0.25) is 9.69 Å². The molecule has 1 fully saturated rings. The van der Waals surface area contributed by atoms with Gasteiger partial charge in [-0.25, -0.2) is 9.18 Å². The van der Waals surface area contributed by atoms with Crippen molar-refractivity contribution in [1.82, 2.24) is 10.2 Å². The number of benzene rings is 1. The molecule has 1 aromatic heterocycles. The number of hydrogen-bond acceptors (Lipinski definition) is 5. The van der Waals surface area contributed by atoms with Crippen LogP contribution in [0, 0.1) is 19.7 Å². The Morgan fingerprint density at radius 1 is 1.19 bits per heavy atom. The minimum absolute atomic E-state index is 0.0436. The smallest absolute Gasteiger partial charge is 0.319 e. The van der Waals surface area contributed by atoms with Gasteiger partial charge < -0.3 is 20.7 Å². The molecule has 0 aliphatic carbocycles. The first-order chi connectivity index (χ1) is 14.8. The highest BCUT2D eigenvalue weighted by molar-refractivity contribution is 7.12. The Hall–Kier alpha value is -2.49. The van der Waals surface area contributed by atoms with Crippen LogP contribution in [0.5, 0.6) is 0 Å². The number of morpholine rings is 1. The Kier molecular flexibility index (Phi) is 8.00. The van der Waals surface area contributed by atoms with Crippen molar-refractivity contribution >= 4 is 34.6 Å². The number of thiophene rings is 1. The summed E-state index contributed by atoms with van der Waals surface area (Å²) in [6.45, 7) is 9.47. The van der Waals surface area contributed by atoms with Crippen molar-refractivity contribution in [3.63, 3.8) is 0 Å². The first-order valence-electron chi connectivity index (χ1n) is 10.4. The van der Waals surface area contributed by atoms with Gasteiger partial charge >= 0.3 is 6.03 Å². The minimum atomic E-state index is -0.552. The molecule has 1 saturated heterocycles. The number of carbonyl (C=O) groups is 2. The third-order valence-corrected chi connectivity index (χ3v) is 6.13. The maximum absolute atomic E-state index is 14.2. The highest BCUT2D eigenvalue weighted by Gasteiger charge is 2.16. The van der Waals surface area contributed by atoms with Gasteiger partial charge in [0.1, 0.15) is 5.82 Å². The molecule has 2 aromatic rings. The van der Waals surface area contributed by atoms with E-state index in [2.05, 4.69) is 26.9 Å². The van der Waals surface area contributed by atoms with E-state index in [-0.39, 0.29) is 24.1 Å². The summed E-state index contributed by atoms with van der Waals surface area (Å²) in [5.74, 6) is -0.827. The number of urea groups is 1. The summed E-state index contributed by atoms with van der Waals surface area (Å²) in [4.78, 5) is 29.1. The highest BCUT2D eigenvalue weighted by Crippen LogP contribution is 2.26. The van der Waals surface area contributed by atoms with Gasteiger partial charge in [0.15, 0.2) is 0 Å². The fourth-order valence-corrected chi connectivity index (χ4v) is 4.54. The summed E-state index contributed by atoms with van der Waals surface area (Å²) >= 11 is 1.69. The lowest BCUT2D eigenvalue weighted by Crippen LogP contribution is -2.38. The summed E-state index contributed by atoms with van der Waals surface area (Å²) in [6, 6.07) is 5.61. The van der Waals surface area contributed by atoms with E-state index in [1.165, 1.54) is 23.1 Å². The van der Waals surface area contributed by atoms with Crippen LogP contribution in [-0.2, 0) is 9.53 Å². The number of hydrogen-bond donors (Lipinski definition) is 3. The molecule has 1 aliphatic heterocycles. The number of nitrogens with zero attached hydrogens (tertiary/aromatic N) is 1. The van der Waals surface area contributed by atoms with Crippen LogP contribution in [0.3, 0.4) is 0 Å². The van der Waals surface area contributed by atoms with E-state index in [9.17, 15) is 14.0 Å². The van der Waals surface area contributed by atoms with E-state index in [0.717, 1.165) is 23.5 Å². The normalized spacial score (nSPS) is 15.4. The zero-order chi connectivity index (χ0) is 22.4. The lowest BCUT2D eigenvalue weighted by atomic mass is 10.1. The van der Waals surface area contributed by atoms with Crippen LogP contribution in [0.1, 0.15) is 34.7 Å². The molecular formula is C22H29FN4O3S. The predicted molar refractivity (Wildman–Crippen MR) is 121 cm³/mol. The van der Waals surface area contributed by atoms with Crippen molar-refractivity contribution in [1.29, 1.82) is 0 Å². The van der Waals surface area contributed by atoms with E-state index in [1.807, 2.05) is 20.8 Å². The van der Waals surface area contributed by atoms with Crippen LogP contribution < -0.4 is 16.0 Å². The van der Waals surface area contributed by atoms with E-state index in [1.54, 1.807) is 11.3 Å².